The van der Waals surface area contributed by atoms with E-state index in [9.17, 15) is 9.18 Å². The number of amides is 1. The Kier molecular flexibility index (Phi) is 6.56. The fourth-order valence-corrected chi connectivity index (χ4v) is 4.68. The van der Waals surface area contributed by atoms with Crippen molar-refractivity contribution in [2.45, 2.75) is 25.5 Å². The first-order valence-corrected chi connectivity index (χ1v) is 11.9. The molecule has 3 heterocycles. The van der Waals surface area contributed by atoms with Crippen LogP contribution in [0.3, 0.4) is 0 Å². The summed E-state index contributed by atoms with van der Waals surface area (Å²) in [6.45, 7) is 5.03. The van der Waals surface area contributed by atoms with Gasteiger partial charge < -0.3 is 15.4 Å². The number of carbonyl (C=O) groups is 1. The zero-order valence-corrected chi connectivity index (χ0v) is 20.2. The second-order valence-corrected chi connectivity index (χ2v) is 9.00. The number of nitrogens with zero attached hydrogens (tertiary/aromatic N) is 5. The highest BCUT2D eigenvalue weighted by atomic mass is 35.5. The molecule has 36 heavy (non-hydrogen) atoms. The molecule has 8 nitrogen and oxygen atoms in total. The van der Waals surface area contributed by atoms with Crippen molar-refractivity contribution >= 4 is 34.4 Å². The normalized spacial score (nSPS) is 15.7. The first-order chi connectivity index (χ1) is 17.4. The quantitative estimate of drug-likeness (QED) is 0.377. The van der Waals surface area contributed by atoms with Crippen molar-refractivity contribution in [3.05, 3.63) is 77.9 Å². The van der Waals surface area contributed by atoms with Gasteiger partial charge >= 0.3 is 0 Å². The van der Waals surface area contributed by atoms with Crippen molar-refractivity contribution in [2.24, 2.45) is 0 Å². The van der Waals surface area contributed by atoms with Crippen LogP contribution in [0.25, 0.3) is 22.3 Å². The van der Waals surface area contributed by atoms with E-state index < -0.39 is 0 Å². The molecule has 0 radical (unpaired) electrons. The minimum absolute atomic E-state index is 0.0676. The molecule has 1 fully saturated rings. The third-order valence-electron chi connectivity index (χ3n) is 6.26. The van der Waals surface area contributed by atoms with Crippen LogP contribution < -0.4 is 10.5 Å². The number of rotatable bonds is 6. The van der Waals surface area contributed by atoms with Gasteiger partial charge in [0.05, 0.1) is 16.5 Å². The van der Waals surface area contributed by atoms with Gasteiger partial charge in [0.1, 0.15) is 36.0 Å². The number of hydrogen-bond acceptors (Lipinski definition) is 6. The summed E-state index contributed by atoms with van der Waals surface area (Å²) in [5.74, 6) is 0.394. The van der Waals surface area contributed by atoms with Gasteiger partial charge in [0.25, 0.3) is 0 Å². The molecule has 2 N–H and O–H groups in total. The van der Waals surface area contributed by atoms with E-state index in [0.717, 1.165) is 24.0 Å². The second kappa shape index (κ2) is 9.94. The average Bonchev–Trinajstić information content (AvgIpc) is 3.29. The van der Waals surface area contributed by atoms with Gasteiger partial charge in [0.15, 0.2) is 5.65 Å². The second-order valence-electron chi connectivity index (χ2n) is 8.60. The minimum Gasteiger partial charge on any atom is -0.487 e. The Morgan fingerprint density at radius 1 is 1.25 bits per heavy atom. The highest BCUT2D eigenvalue weighted by Crippen LogP contribution is 2.37. The molecule has 1 aliphatic rings. The van der Waals surface area contributed by atoms with Crippen LogP contribution in [-0.2, 0) is 11.4 Å². The summed E-state index contributed by atoms with van der Waals surface area (Å²) < 4.78 is 20.8. The number of benzene rings is 2. The van der Waals surface area contributed by atoms with Crippen LogP contribution in [0.1, 0.15) is 24.4 Å². The smallest absolute Gasteiger partial charge is 0.246 e. The molecule has 10 heteroatoms. The Morgan fingerprint density at radius 2 is 2.06 bits per heavy atom. The summed E-state index contributed by atoms with van der Waals surface area (Å²) in [6, 6.07) is 11.4. The van der Waals surface area contributed by atoms with Gasteiger partial charge in [-0.25, -0.2) is 19.0 Å². The van der Waals surface area contributed by atoms with E-state index in [1.807, 2.05) is 10.7 Å². The van der Waals surface area contributed by atoms with Gasteiger partial charge in [-0.3, -0.25) is 4.79 Å². The van der Waals surface area contributed by atoms with Crippen molar-refractivity contribution < 1.29 is 13.9 Å². The van der Waals surface area contributed by atoms with Gasteiger partial charge in [0, 0.05) is 18.7 Å². The molecule has 184 valence electrons. The molecule has 0 aliphatic carbocycles. The number of fused-ring (bicyclic) bond motifs is 1. The van der Waals surface area contributed by atoms with Crippen LogP contribution in [0.4, 0.5) is 10.2 Å². The SMILES string of the molecule is C=CC(=O)N1CCCC(n2nc(-c3ccc(OCc4ccc(F)cc4)c(Cl)c3)c3c(N)ncnc32)C1. The number of piperidine rings is 1. The van der Waals surface area contributed by atoms with Crippen LogP contribution in [0.15, 0.2) is 61.4 Å². The van der Waals surface area contributed by atoms with E-state index in [0.29, 0.717) is 46.4 Å². The maximum atomic E-state index is 13.1. The maximum Gasteiger partial charge on any atom is 0.246 e. The van der Waals surface area contributed by atoms with Gasteiger partial charge in [0.2, 0.25) is 5.91 Å². The number of aromatic nitrogens is 4. The Hall–Kier alpha value is -3.98. The number of carbonyl (C=O) groups excluding carboxylic acids is 1. The third kappa shape index (κ3) is 4.61. The van der Waals surface area contributed by atoms with Crippen LogP contribution in [0.2, 0.25) is 5.02 Å². The van der Waals surface area contributed by atoms with Crippen molar-refractivity contribution in [3.8, 4) is 17.0 Å². The number of ether oxygens (including phenoxy) is 1. The lowest BCUT2D eigenvalue weighted by atomic mass is 10.1. The molecule has 0 spiro atoms. The van der Waals surface area contributed by atoms with Crippen LogP contribution in [0, 0.1) is 5.82 Å². The summed E-state index contributed by atoms with van der Waals surface area (Å²) in [4.78, 5) is 22.6. The van der Waals surface area contributed by atoms with Crippen molar-refractivity contribution in [3.63, 3.8) is 0 Å². The Bertz CT molecular complexity index is 1440. The Morgan fingerprint density at radius 3 is 2.81 bits per heavy atom. The van der Waals surface area contributed by atoms with E-state index in [4.69, 9.17) is 27.2 Å². The maximum absolute atomic E-state index is 13.1. The van der Waals surface area contributed by atoms with Crippen molar-refractivity contribution in [1.82, 2.24) is 24.6 Å². The lowest BCUT2D eigenvalue weighted by molar-refractivity contribution is -0.127. The molecule has 0 bridgehead atoms. The predicted octanol–water partition coefficient (Wildman–Crippen LogP) is 4.80. The minimum atomic E-state index is -0.302. The molecule has 1 aliphatic heterocycles. The van der Waals surface area contributed by atoms with Crippen molar-refractivity contribution in [2.75, 3.05) is 18.8 Å². The lowest BCUT2D eigenvalue weighted by Crippen LogP contribution is -2.40. The fraction of sp³-hybridized carbons (Fsp3) is 0.231. The molecular weight excluding hydrogens is 483 g/mol. The van der Waals surface area contributed by atoms with E-state index in [1.54, 1.807) is 29.2 Å². The van der Waals surface area contributed by atoms with E-state index in [2.05, 4.69) is 16.5 Å². The number of likely N-dealkylation sites (tertiary alicyclic amines) is 1. The first-order valence-electron chi connectivity index (χ1n) is 11.5. The highest BCUT2D eigenvalue weighted by molar-refractivity contribution is 6.32. The summed E-state index contributed by atoms with van der Waals surface area (Å²) in [5, 5.41) is 5.89. The number of nitrogen functional groups attached to an aromatic ring is 1. The number of anilines is 1. The fourth-order valence-electron chi connectivity index (χ4n) is 4.44. The van der Waals surface area contributed by atoms with Gasteiger partial charge in [-0.2, -0.15) is 5.10 Å². The molecule has 4 aromatic rings. The summed E-state index contributed by atoms with van der Waals surface area (Å²) in [5.41, 5.74) is 9.01. The molecule has 2 aromatic carbocycles. The van der Waals surface area contributed by atoms with Crippen LogP contribution >= 0.6 is 11.6 Å². The molecule has 5 rings (SSSR count). The molecule has 1 amide bonds. The molecule has 2 aromatic heterocycles. The van der Waals surface area contributed by atoms with Gasteiger partial charge in [-0.05, 0) is 54.8 Å². The molecule has 1 saturated heterocycles. The zero-order valence-electron chi connectivity index (χ0n) is 19.4. The summed E-state index contributed by atoms with van der Waals surface area (Å²) >= 11 is 6.55. The predicted molar refractivity (Wildman–Crippen MR) is 136 cm³/mol. The third-order valence-corrected chi connectivity index (χ3v) is 6.56. The standard InChI is InChI=1S/C26H24ClFN6O2/c1-2-22(35)33-11-3-4-19(13-33)34-26-23(25(29)30-15-31-26)24(32-34)17-7-10-21(20(27)12-17)36-14-16-5-8-18(28)9-6-16/h2,5-10,12,15,19H,1,3-4,11,13-14H2,(H2,29,30,31). The molecule has 1 atom stereocenters. The van der Waals surface area contributed by atoms with Crippen LogP contribution in [0.5, 0.6) is 5.75 Å². The Labute approximate surface area is 212 Å². The van der Waals surface area contributed by atoms with Gasteiger partial charge in [-0.15, -0.1) is 0 Å². The highest BCUT2D eigenvalue weighted by Gasteiger charge is 2.28. The number of nitrogens with two attached hydrogens (primary N) is 1. The lowest BCUT2D eigenvalue weighted by Gasteiger charge is -2.32. The monoisotopic (exact) mass is 506 g/mol. The first kappa shape index (κ1) is 23.7. The van der Waals surface area contributed by atoms with Crippen LogP contribution in [-0.4, -0.2) is 43.6 Å². The summed E-state index contributed by atoms with van der Waals surface area (Å²) in [6.07, 6.45) is 4.43. The van der Waals surface area contributed by atoms with E-state index >= 15 is 0 Å². The largest absolute Gasteiger partial charge is 0.487 e. The van der Waals surface area contributed by atoms with E-state index in [-0.39, 0.29) is 24.4 Å². The van der Waals surface area contributed by atoms with Crippen molar-refractivity contribution in [1.29, 1.82) is 0 Å². The summed E-state index contributed by atoms with van der Waals surface area (Å²) in [7, 11) is 0. The number of hydrogen-bond donors (Lipinski definition) is 1. The molecule has 0 saturated carbocycles. The number of halogens is 2. The molecule has 1 unspecified atom stereocenters. The van der Waals surface area contributed by atoms with E-state index in [1.165, 1.54) is 24.5 Å². The Balaban J connectivity index is 1.46. The topological polar surface area (TPSA) is 99.2 Å². The molecular formula is C26H24ClFN6O2. The van der Waals surface area contributed by atoms with Gasteiger partial charge in [-0.1, -0.05) is 30.3 Å². The average molecular weight is 507 g/mol. The zero-order chi connectivity index (χ0) is 25.2.